The molecule has 138 valence electrons. The van der Waals surface area contributed by atoms with Crippen LogP contribution in [0.2, 0.25) is 0 Å². The molecule has 3 atom stereocenters. The van der Waals surface area contributed by atoms with Crippen LogP contribution in [0.15, 0.2) is 24.5 Å². The number of aromatic amines is 1. The molecule has 5 heterocycles. The minimum absolute atomic E-state index is 0.0121. The minimum Gasteiger partial charge on any atom is -0.348 e. The number of nitrogens with zero attached hydrogens (tertiary/aromatic N) is 3. The average molecular weight is 358 g/mol. The molecule has 0 aliphatic carbocycles. The highest BCUT2D eigenvalue weighted by Gasteiger charge is 2.53. The molecule has 4 saturated heterocycles. The van der Waals surface area contributed by atoms with Crippen molar-refractivity contribution in [2.75, 3.05) is 19.6 Å². The number of benzene rings is 1. The van der Waals surface area contributed by atoms with E-state index >= 15 is 0 Å². The van der Waals surface area contributed by atoms with Gasteiger partial charge in [-0.25, -0.2) is 13.8 Å². The zero-order chi connectivity index (χ0) is 17.8. The summed E-state index contributed by atoms with van der Waals surface area (Å²) in [7, 11) is 0. The van der Waals surface area contributed by atoms with Crippen LogP contribution in [0.1, 0.15) is 35.7 Å². The van der Waals surface area contributed by atoms with E-state index in [0.29, 0.717) is 17.5 Å². The van der Waals surface area contributed by atoms with Crippen LogP contribution < -0.4 is 0 Å². The summed E-state index contributed by atoms with van der Waals surface area (Å²) in [5.41, 5.74) is 2.68. The van der Waals surface area contributed by atoms with E-state index in [1.807, 2.05) is 6.92 Å². The second kappa shape index (κ2) is 6.13. The van der Waals surface area contributed by atoms with Gasteiger partial charge in [-0.05, 0) is 50.4 Å². The minimum atomic E-state index is -0.739. The van der Waals surface area contributed by atoms with E-state index in [1.54, 1.807) is 18.5 Å². The number of piperidine rings is 3. The second-order valence-corrected chi connectivity index (χ2v) is 8.01. The highest BCUT2D eigenvalue weighted by molar-refractivity contribution is 5.29. The molecule has 4 aliphatic rings. The lowest BCUT2D eigenvalue weighted by Gasteiger charge is -2.51. The molecule has 4 nitrogen and oxygen atoms in total. The maximum absolute atomic E-state index is 14.6. The maximum Gasteiger partial charge on any atom is 0.162 e. The average Bonchev–Trinajstić information content (AvgIpc) is 3.24. The van der Waals surface area contributed by atoms with Crippen LogP contribution in [0.3, 0.4) is 0 Å². The van der Waals surface area contributed by atoms with Crippen LogP contribution in [-0.2, 0) is 6.54 Å². The molecule has 0 spiro atoms. The lowest BCUT2D eigenvalue weighted by molar-refractivity contribution is -0.00918. The highest BCUT2D eigenvalue weighted by Crippen LogP contribution is 2.47. The molecule has 0 saturated carbocycles. The Balaban J connectivity index is 1.52. The van der Waals surface area contributed by atoms with Crippen LogP contribution in [-0.4, -0.2) is 51.5 Å². The van der Waals surface area contributed by atoms with Crippen LogP contribution in [0.25, 0.3) is 0 Å². The van der Waals surface area contributed by atoms with Gasteiger partial charge in [-0.2, -0.15) is 0 Å². The Bertz CT molecular complexity index is 812. The molecule has 1 aromatic heterocycles. The summed E-state index contributed by atoms with van der Waals surface area (Å²) in [6.07, 6.45) is 4.14. The molecule has 0 amide bonds. The Morgan fingerprint density at radius 2 is 2.00 bits per heavy atom. The van der Waals surface area contributed by atoms with Crippen molar-refractivity contribution >= 4 is 0 Å². The second-order valence-electron chi connectivity index (χ2n) is 8.01. The maximum atomic E-state index is 14.6. The van der Waals surface area contributed by atoms with E-state index in [0.717, 1.165) is 37.6 Å². The van der Waals surface area contributed by atoms with Crippen molar-refractivity contribution in [3.63, 3.8) is 0 Å². The summed E-state index contributed by atoms with van der Waals surface area (Å²) >= 11 is 0. The van der Waals surface area contributed by atoms with Gasteiger partial charge in [-0.15, -0.1) is 0 Å². The van der Waals surface area contributed by atoms with Gasteiger partial charge in [-0.1, -0.05) is 12.1 Å². The van der Waals surface area contributed by atoms with Crippen LogP contribution in [0, 0.1) is 24.5 Å². The lowest BCUT2D eigenvalue weighted by atomic mass is 9.75. The fourth-order valence-electron chi connectivity index (χ4n) is 5.54. The van der Waals surface area contributed by atoms with Crippen molar-refractivity contribution in [2.24, 2.45) is 5.92 Å². The van der Waals surface area contributed by atoms with Crippen molar-refractivity contribution in [1.82, 2.24) is 19.8 Å². The summed E-state index contributed by atoms with van der Waals surface area (Å²) in [4.78, 5) is 12.6. The molecule has 4 aliphatic heterocycles. The van der Waals surface area contributed by atoms with Gasteiger partial charge in [0.25, 0.3) is 0 Å². The van der Waals surface area contributed by atoms with Crippen LogP contribution in [0.5, 0.6) is 0 Å². The quantitative estimate of drug-likeness (QED) is 0.916. The molecule has 4 fully saturated rings. The molecule has 2 bridgehead atoms. The van der Waals surface area contributed by atoms with Gasteiger partial charge in [0.1, 0.15) is 0 Å². The number of halogens is 2. The Labute approximate surface area is 152 Å². The molecule has 6 rings (SSSR count). The highest BCUT2D eigenvalue weighted by atomic mass is 19.2. The number of imidazole rings is 1. The fraction of sp³-hybridized carbons (Fsp3) is 0.550. The van der Waals surface area contributed by atoms with E-state index in [2.05, 4.69) is 19.8 Å². The Kier molecular flexibility index (Phi) is 3.87. The molecule has 26 heavy (non-hydrogen) atoms. The number of hydrogen-bond donors (Lipinski definition) is 1. The van der Waals surface area contributed by atoms with Gasteiger partial charge < -0.3 is 4.98 Å². The predicted octanol–water partition coefficient (Wildman–Crippen LogP) is 3.06. The van der Waals surface area contributed by atoms with E-state index < -0.39 is 11.6 Å². The van der Waals surface area contributed by atoms with Crippen molar-refractivity contribution in [2.45, 2.75) is 44.3 Å². The van der Waals surface area contributed by atoms with Crippen LogP contribution in [0.4, 0.5) is 8.78 Å². The predicted molar refractivity (Wildman–Crippen MR) is 94.7 cm³/mol. The molecule has 1 aromatic carbocycles. The molecular formula is C20H24F2N4. The van der Waals surface area contributed by atoms with Gasteiger partial charge in [0.15, 0.2) is 11.6 Å². The largest absolute Gasteiger partial charge is 0.348 e. The summed E-state index contributed by atoms with van der Waals surface area (Å²) in [6.45, 7) is 5.72. The Hall–Kier alpha value is -1.79. The third kappa shape index (κ3) is 2.42. The number of aryl methyl sites for hydroxylation is 1. The van der Waals surface area contributed by atoms with Crippen LogP contribution >= 0.6 is 0 Å². The number of likely N-dealkylation sites (tertiary alicyclic amines) is 1. The molecule has 0 radical (unpaired) electrons. The summed E-state index contributed by atoms with van der Waals surface area (Å²) in [6, 6.07) is 5.30. The molecule has 2 aromatic rings. The molecular weight excluding hydrogens is 334 g/mol. The van der Waals surface area contributed by atoms with Gasteiger partial charge in [0.2, 0.25) is 0 Å². The zero-order valence-corrected chi connectivity index (χ0v) is 15.0. The first-order valence-corrected chi connectivity index (χ1v) is 9.54. The molecule has 0 unspecified atom stereocenters. The van der Waals surface area contributed by atoms with E-state index in [1.165, 1.54) is 18.9 Å². The van der Waals surface area contributed by atoms with E-state index in [-0.39, 0.29) is 12.0 Å². The summed E-state index contributed by atoms with van der Waals surface area (Å²) in [5, 5.41) is 0. The van der Waals surface area contributed by atoms with Crippen molar-refractivity contribution in [1.29, 1.82) is 0 Å². The van der Waals surface area contributed by atoms with Gasteiger partial charge in [0, 0.05) is 36.8 Å². The summed E-state index contributed by atoms with van der Waals surface area (Å²) in [5.74, 6) is -0.753. The molecule has 6 heteroatoms. The molecule has 1 N–H and O–H groups in total. The number of rotatable bonds is 3. The standard InChI is InChI=1S/C20H24F2N4/c1-12-17(24-11-23-12)10-26-9-15(14-3-2-4-16(21)18(14)22)20-19(26)13-5-7-25(20)8-6-13/h2-4,11,13,15,19-20H,5-10H2,1H3,(H,23,24)/t15-,19-,20-/m1/s1. The Morgan fingerprint density at radius 1 is 1.19 bits per heavy atom. The SMILES string of the molecule is Cc1[nH]cnc1CN1C[C@H](c2cccc(F)c2F)[C@@H]2[C@H]1C1CCN2CC1. The first kappa shape index (κ1) is 16.4. The van der Waals surface area contributed by atoms with Crippen molar-refractivity contribution < 1.29 is 8.78 Å². The smallest absolute Gasteiger partial charge is 0.162 e. The normalized spacial score (nSPS) is 33.6. The lowest BCUT2D eigenvalue weighted by Crippen LogP contribution is -2.60. The first-order valence-electron chi connectivity index (χ1n) is 9.54. The number of H-pyrrole nitrogens is 1. The van der Waals surface area contributed by atoms with E-state index in [9.17, 15) is 8.78 Å². The third-order valence-electron chi connectivity index (χ3n) is 6.76. The fourth-order valence-corrected chi connectivity index (χ4v) is 5.54. The monoisotopic (exact) mass is 358 g/mol. The summed E-state index contributed by atoms with van der Waals surface area (Å²) < 4.78 is 28.5. The van der Waals surface area contributed by atoms with Gasteiger partial charge >= 0.3 is 0 Å². The van der Waals surface area contributed by atoms with E-state index in [4.69, 9.17) is 0 Å². The Morgan fingerprint density at radius 3 is 2.73 bits per heavy atom. The number of hydrogen-bond acceptors (Lipinski definition) is 3. The van der Waals surface area contributed by atoms with Crippen molar-refractivity contribution in [3.8, 4) is 0 Å². The topological polar surface area (TPSA) is 35.2 Å². The number of fused-ring (bicyclic) bond motifs is 2. The zero-order valence-electron chi connectivity index (χ0n) is 15.0. The van der Waals surface area contributed by atoms with Crippen molar-refractivity contribution in [3.05, 3.63) is 53.1 Å². The third-order valence-corrected chi connectivity index (χ3v) is 6.76. The van der Waals surface area contributed by atoms with Gasteiger partial charge in [0.05, 0.1) is 12.0 Å². The first-order chi connectivity index (χ1) is 12.6. The van der Waals surface area contributed by atoms with Gasteiger partial charge in [-0.3, -0.25) is 9.80 Å². The number of aromatic nitrogens is 2. The number of nitrogens with one attached hydrogen (secondary N) is 1.